The molecule has 1 fully saturated rings. The van der Waals surface area contributed by atoms with Gasteiger partial charge in [-0.05, 0) is 61.4 Å². The molecule has 1 aromatic heterocycles. The molecule has 32 heavy (non-hydrogen) atoms. The fourth-order valence-corrected chi connectivity index (χ4v) is 4.33. The maximum Gasteiger partial charge on any atom is 0.263 e. The number of piperidine rings is 1. The zero-order valence-electron chi connectivity index (χ0n) is 18.3. The Hall–Kier alpha value is -3.61. The van der Waals surface area contributed by atoms with Crippen LogP contribution in [-0.2, 0) is 9.59 Å². The largest absolute Gasteiger partial charge is 0.481 e. The Labute approximate surface area is 186 Å². The first-order valence-corrected chi connectivity index (χ1v) is 10.8. The zero-order valence-corrected chi connectivity index (χ0v) is 18.3. The van der Waals surface area contributed by atoms with Gasteiger partial charge >= 0.3 is 0 Å². The van der Waals surface area contributed by atoms with E-state index in [4.69, 9.17) is 10.5 Å². The van der Waals surface area contributed by atoms with Gasteiger partial charge in [-0.25, -0.2) is 0 Å². The van der Waals surface area contributed by atoms with Crippen molar-refractivity contribution < 1.29 is 14.3 Å². The standard InChI is InChI=1S/C25H27N3O4/c1-15-6-3-4-8-19(15)22-13-27-24(30)21-12-18(9-10-20(21)22)32-16(2)25(31)28-11-5-7-17(14-28)23(26)29/h3-4,6,8-10,12-13,16-17H,5,7,11,14H2,1-2H3,(H2,26,29)(H,27,30)/t16-,17+/m1/s1. The van der Waals surface area contributed by atoms with Gasteiger partial charge < -0.3 is 20.4 Å². The average molecular weight is 434 g/mol. The Balaban J connectivity index is 1.58. The molecule has 0 radical (unpaired) electrons. The number of benzene rings is 2. The summed E-state index contributed by atoms with van der Waals surface area (Å²) in [5, 5.41) is 1.31. The van der Waals surface area contributed by atoms with E-state index in [-0.39, 0.29) is 23.3 Å². The van der Waals surface area contributed by atoms with Crippen molar-refractivity contribution >= 4 is 22.6 Å². The van der Waals surface area contributed by atoms with E-state index < -0.39 is 6.10 Å². The second kappa shape index (κ2) is 8.86. The van der Waals surface area contributed by atoms with Crippen LogP contribution in [0.25, 0.3) is 21.9 Å². The molecule has 2 heterocycles. The van der Waals surface area contributed by atoms with Crippen molar-refractivity contribution in [3.63, 3.8) is 0 Å². The fraction of sp³-hybridized carbons (Fsp3) is 0.320. The zero-order chi connectivity index (χ0) is 22.8. The Morgan fingerprint density at radius 2 is 1.94 bits per heavy atom. The number of hydrogen-bond acceptors (Lipinski definition) is 4. The van der Waals surface area contributed by atoms with Gasteiger partial charge in [-0.2, -0.15) is 0 Å². The van der Waals surface area contributed by atoms with E-state index >= 15 is 0 Å². The lowest BCUT2D eigenvalue weighted by atomic mass is 9.97. The summed E-state index contributed by atoms with van der Waals surface area (Å²) in [7, 11) is 0. The Bertz CT molecular complexity index is 1230. The lowest BCUT2D eigenvalue weighted by molar-refractivity contribution is -0.141. The van der Waals surface area contributed by atoms with E-state index in [1.54, 1.807) is 30.2 Å². The predicted molar refractivity (Wildman–Crippen MR) is 123 cm³/mol. The first kappa shape index (κ1) is 21.6. The highest BCUT2D eigenvalue weighted by molar-refractivity contribution is 5.97. The molecule has 1 aliphatic rings. The minimum atomic E-state index is -0.752. The highest BCUT2D eigenvalue weighted by Gasteiger charge is 2.30. The van der Waals surface area contributed by atoms with Crippen LogP contribution in [0.2, 0.25) is 0 Å². The molecule has 1 aliphatic heterocycles. The number of likely N-dealkylation sites (tertiary alicyclic amines) is 1. The van der Waals surface area contributed by atoms with Crippen molar-refractivity contribution in [2.45, 2.75) is 32.8 Å². The molecule has 7 heteroatoms. The average Bonchev–Trinajstić information content (AvgIpc) is 2.80. The van der Waals surface area contributed by atoms with Gasteiger partial charge in [0.05, 0.1) is 11.3 Å². The second-order valence-electron chi connectivity index (χ2n) is 8.34. The fourth-order valence-electron chi connectivity index (χ4n) is 4.33. The molecular weight excluding hydrogens is 406 g/mol. The summed E-state index contributed by atoms with van der Waals surface area (Å²) in [6.45, 7) is 4.60. The van der Waals surface area contributed by atoms with Gasteiger partial charge in [0.2, 0.25) is 5.91 Å². The number of nitrogens with one attached hydrogen (secondary N) is 1. The van der Waals surface area contributed by atoms with E-state index in [2.05, 4.69) is 4.98 Å². The highest BCUT2D eigenvalue weighted by atomic mass is 16.5. The van der Waals surface area contributed by atoms with Gasteiger partial charge in [-0.1, -0.05) is 24.3 Å². The van der Waals surface area contributed by atoms with E-state index in [1.165, 1.54) is 0 Å². The Morgan fingerprint density at radius 1 is 1.16 bits per heavy atom. The topological polar surface area (TPSA) is 105 Å². The first-order chi connectivity index (χ1) is 15.3. The number of nitrogens with two attached hydrogens (primary N) is 1. The van der Waals surface area contributed by atoms with Gasteiger partial charge in [-0.3, -0.25) is 14.4 Å². The third kappa shape index (κ3) is 4.23. The quantitative estimate of drug-likeness (QED) is 0.645. The molecule has 3 N–H and O–H groups in total. The molecule has 7 nitrogen and oxygen atoms in total. The number of aromatic nitrogens is 1. The molecule has 2 atom stereocenters. The van der Waals surface area contributed by atoms with Crippen LogP contribution in [0, 0.1) is 12.8 Å². The van der Waals surface area contributed by atoms with Crippen LogP contribution in [-0.4, -0.2) is 40.9 Å². The third-order valence-corrected chi connectivity index (χ3v) is 6.10. The lowest BCUT2D eigenvalue weighted by Crippen LogP contribution is -2.48. The highest BCUT2D eigenvalue weighted by Crippen LogP contribution is 2.30. The predicted octanol–water partition coefficient (Wildman–Crippen LogP) is 2.99. The number of primary amides is 1. The van der Waals surface area contributed by atoms with Crippen molar-refractivity contribution in [2.75, 3.05) is 13.1 Å². The molecule has 0 bridgehead atoms. The van der Waals surface area contributed by atoms with Crippen molar-refractivity contribution in [2.24, 2.45) is 11.7 Å². The SMILES string of the molecule is Cc1ccccc1-c1c[nH]c(=O)c2cc(O[C@H](C)C(=O)N3CCC[C@H](C(N)=O)C3)ccc12. The summed E-state index contributed by atoms with van der Waals surface area (Å²) in [4.78, 5) is 41.3. The number of amides is 2. The molecule has 2 amide bonds. The Morgan fingerprint density at radius 3 is 2.69 bits per heavy atom. The van der Waals surface area contributed by atoms with Gasteiger partial charge in [0.1, 0.15) is 5.75 Å². The number of rotatable bonds is 5. The van der Waals surface area contributed by atoms with Crippen LogP contribution in [0.3, 0.4) is 0 Å². The number of carbonyl (C=O) groups is 2. The van der Waals surface area contributed by atoms with Crippen molar-refractivity contribution in [3.8, 4) is 16.9 Å². The number of aryl methyl sites for hydroxylation is 1. The molecule has 1 saturated heterocycles. The first-order valence-electron chi connectivity index (χ1n) is 10.8. The molecular formula is C25H27N3O4. The lowest BCUT2D eigenvalue weighted by Gasteiger charge is -2.33. The molecule has 166 valence electrons. The maximum absolute atomic E-state index is 12.9. The number of carbonyl (C=O) groups excluding carboxylic acids is 2. The van der Waals surface area contributed by atoms with Crippen molar-refractivity contribution in [3.05, 3.63) is 64.6 Å². The number of pyridine rings is 1. The third-order valence-electron chi connectivity index (χ3n) is 6.10. The minimum absolute atomic E-state index is 0.196. The van der Waals surface area contributed by atoms with Gasteiger partial charge in [0, 0.05) is 24.8 Å². The number of nitrogens with zero attached hydrogens (tertiary/aromatic N) is 1. The van der Waals surface area contributed by atoms with Crippen LogP contribution in [0.15, 0.2) is 53.5 Å². The number of hydrogen-bond donors (Lipinski definition) is 2. The maximum atomic E-state index is 12.9. The van der Waals surface area contributed by atoms with Gasteiger partial charge in [-0.15, -0.1) is 0 Å². The molecule has 2 aromatic carbocycles. The molecule has 3 aromatic rings. The van der Waals surface area contributed by atoms with Gasteiger partial charge in [0.15, 0.2) is 6.10 Å². The number of H-pyrrole nitrogens is 1. The van der Waals surface area contributed by atoms with E-state index in [0.717, 1.165) is 28.5 Å². The van der Waals surface area contributed by atoms with Crippen molar-refractivity contribution in [1.29, 1.82) is 0 Å². The molecule has 0 spiro atoms. The number of fused-ring (bicyclic) bond motifs is 1. The normalized spacial score (nSPS) is 17.2. The van der Waals surface area contributed by atoms with Crippen LogP contribution in [0.1, 0.15) is 25.3 Å². The summed E-state index contributed by atoms with van der Waals surface area (Å²) in [6, 6.07) is 13.3. The second-order valence-corrected chi connectivity index (χ2v) is 8.34. The minimum Gasteiger partial charge on any atom is -0.481 e. The van der Waals surface area contributed by atoms with E-state index in [1.807, 2.05) is 37.3 Å². The number of ether oxygens (including phenoxy) is 1. The summed E-state index contributed by atoms with van der Waals surface area (Å²) in [6.07, 6.45) is 2.41. The molecule has 4 rings (SSSR count). The summed E-state index contributed by atoms with van der Waals surface area (Å²) < 4.78 is 5.90. The van der Waals surface area contributed by atoms with Crippen LogP contribution in [0.4, 0.5) is 0 Å². The molecule has 0 aliphatic carbocycles. The summed E-state index contributed by atoms with van der Waals surface area (Å²) in [5.74, 6) is -0.457. The monoisotopic (exact) mass is 433 g/mol. The van der Waals surface area contributed by atoms with Crippen LogP contribution < -0.4 is 16.0 Å². The van der Waals surface area contributed by atoms with Gasteiger partial charge in [0.25, 0.3) is 11.5 Å². The van der Waals surface area contributed by atoms with Crippen LogP contribution >= 0.6 is 0 Å². The smallest absolute Gasteiger partial charge is 0.263 e. The number of aromatic amines is 1. The molecule has 0 saturated carbocycles. The van der Waals surface area contributed by atoms with Crippen molar-refractivity contribution in [1.82, 2.24) is 9.88 Å². The van der Waals surface area contributed by atoms with E-state index in [9.17, 15) is 14.4 Å². The van der Waals surface area contributed by atoms with E-state index in [0.29, 0.717) is 30.6 Å². The summed E-state index contributed by atoms with van der Waals surface area (Å²) >= 11 is 0. The Kier molecular flexibility index (Phi) is 5.99. The van der Waals surface area contributed by atoms with Crippen LogP contribution in [0.5, 0.6) is 5.75 Å². The summed E-state index contributed by atoms with van der Waals surface area (Å²) in [5.41, 5.74) is 8.28. The molecule has 0 unspecified atom stereocenters.